The number of nitrogens with zero attached hydrogens (tertiary/aromatic N) is 6. The second-order valence-electron chi connectivity index (χ2n) is 7.26. The molecule has 0 bridgehead atoms. The molecule has 27 heavy (non-hydrogen) atoms. The Bertz CT molecular complexity index is 1250. The van der Waals surface area contributed by atoms with Crippen molar-refractivity contribution in [2.45, 2.75) is 26.2 Å². The average molecular weight is 362 g/mol. The summed E-state index contributed by atoms with van der Waals surface area (Å²) in [5.74, 6) is 0.303. The zero-order chi connectivity index (χ0) is 19.2. The molecule has 0 atom stereocenters. The van der Waals surface area contributed by atoms with Crippen molar-refractivity contribution in [2.24, 2.45) is 5.10 Å². The molecule has 0 aliphatic carbocycles. The minimum Gasteiger partial charge on any atom is -0.507 e. The summed E-state index contributed by atoms with van der Waals surface area (Å²) in [4.78, 5) is 12.9. The van der Waals surface area contributed by atoms with Crippen LogP contribution in [0.4, 0.5) is 0 Å². The number of hydrogen-bond acceptors (Lipinski definition) is 6. The highest BCUT2D eigenvalue weighted by atomic mass is 16.3. The van der Waals surface area contributed by atoms with Gasteiger partial charge in [0.15, 0.2) is 0 Å². The molecule has 8 nitrogen and oxygen atoms in total. The van der Waals surface area contributed by atoms with Crippen LogP contribution in [0.5, 0.6) is 5.75 Å². The third kappa shape index (κ3) is 2.84. The first-order valence-electron chi connectivity index (χ1n) is 8.45. The van der Waals surface area contributed by atoms with Crippen molar-refractivity contribution in [3.8, 4) is 5.75 Å². The third-order valence-electron chi connectivity index (χ3n) is 4.26. The Morgan fingerprint density at radius 1 is 1.15 bits per heavy atom. The Hall–Kier alpha value is -3.55. The van der Waals surface area contributed by atoms with Crippen LogP contribution in [0.3, 0.4) is 0 Å². The molecule has 0 spiro atoms. The molecule has 2 aromatic carbocycles. The molecule has 2 aromatic heterocycles. The Morgan fingerprint density at radius 3 is 2.70 bits per heavy atom. The standard InChI is InChI=1S/C19H18N6O2/c1-19(2,3)16-17(27)25(18-22-20-11-24(18)23-16)21-10-13-9-8-12-6-4-5-7-14(12)15(13)26/h4-11,26H,1-3H3. The highest BCUT2D eigenvalue weighted by Crippen LogP contribution is 2.27. The third-order valence-corrected chi connectivity index (χ3v) is 4.26. The minimum absolute atomic E-state index is 0.104. The number of phenols is 1. The summed E-state index contributed by atoms with van der Waals surface area (Å²) in [5, 5.41) is 28.5. The van der Waals surface area contributed by atoms with Crippen LogP contribution in [0, 0.1) is 0 Å². The molecular weight excluding hydrogens is 344 g/mol. The molecule has 0 radical (unpaired) electrons. The summed E-state index contributed by atoms with van der Waals surface area (Å²) in [6.45, 7) is 5.70. The van der Waals surface area contributed by atoms with Gasteiger partial charge in [-0.15, -0.1) is 10.2 Å². The van der Waals surface area contributed by atoms with Crippen LogP contribution in [-0.4, -0.2) is 35.8 Å². The average Bonchev–Trinajstić information content (AvgIpc) is 3.10. The molecule has 136 valence electrons. The molecule has 2 heterocycles. The van der Waals surface area contributed by atoms with Gasteiger partial charge in [-0.05, 0) is 11.5 Å². The van der Waals surface area contributed by atoms with Gasteiger partial charge in [-0.25, -0.2) is 0 Å². The van der Waals surface area contributed by atoms with E-state index >= 15 is 0 Å². The molecule has 0 amide bonds. The maximum atomic E-state index is 12.9. The first kappa shape index (κ1) is 16.9. The summed E-state index contributed by atoms with van der Waals surface area (Å²) in [7, 11) is 0. The summed E-state index contributed by atoms with van der Waals surface area (Å²) >= 11 is 0. The van der Waals surface area contributed by atoms with E-state index in [1.54, 1.807) is 6.07 Å². The van der Waals surface area contributed by atoms with E-state index in [1.165, 1.54) is 17.1 Å². The van der Waals surface area contributed by atoms with Crippen molar-refractivity contribution in [1.82, 2.24) is 24.5 Å². The second kappa shape index (κ2) is 6.01. The number of rotatable bonds is 2. The summed E-state index contributed by atoms with van der Waals surface area (Å²) in [6.07, 6.45) is 2.85. The van der Waals surface area contributed by atoms with Gasteiger partial charge in [0.1, 0.15) is 17.8 Å². The topological polar surface area (TPSA) is 97.7 Å². The van der Waals surface area contributed by atoms with Crippen molar-refractivity contribution >= 4 is 22.8 Å². The molecule has 0 saturated heterocycles. The second-order valence-corrected chi connectivity index (χ2v) is 7.26. The SMILES string of the molecule is CC(C)(C)c1nn2cnnc2n(N=Cc2ccc3ccccc3c2O)c1=O. The molecule has 4 aromatic rings. The lowest BCUT2D eigenvalue weighted by Gasteiger charge is -2.16. The van der Waals surface area contributed by atoms with Crippen LogP contribution in [0.2, 0.25) is 0 Å². The van der Waals surface area contributed by atoms with E-state index in [2.05, 4.69) is 20.4 Å². The fourth-order valence-corrected chi connectivity index (χ4v) is 2.85. The Morgan fingerprint density at radius 2 is 1.93 bits per heavy atom. The molecule has 8 heteroatoms. The number of aromatic hydroxyl groups is 1. The van der Waals surface area contributed by atoms with Gasteiger partial charge < -0.3 is 5.11 Å². The van der Waals surface area contributed by atoms with Crippen molar-refractivity contribution in [2.75, 3.05) is 0 Å². The fraction of sp³-hybridized carbons (Fsp3) is 0.211. The summed E-state index contributed by atoms with van der Waals surface area (Å²) < 4.78 is 2.56. The van der Waals surface area contributed by atoms with Crippen molar-refractivity contribution in [1.29, 1.82) is 0 Å². The number of hydrogen-bond donors (Lipinski definition) is 1. The monoisotopic (exact) mass is 362 g/mol. The maximum absolute atomic E-state index is 12.9. The smallest absolute Gasteiger partial charge is 0.298 e. The van der Waals surface area contributed by atoms with Gasteiger partial charge in [-0.2, -0.15) is 19.4 Å². The van der Waals surface area contributed by atoms with E-state index in [9.17, 15) is 9.90 Å². The fourth-order valence-electron chi connectivity index (χ4n) is 2.85. The van der Waals surface area contributed by atoms with Crippen molar-refractivity contribution in [3.05, 3.63) is 64.3 Å². The lowest BCUT2D eigenvalue weighted by molar-refractivity contribution is 0.480. The van der Waals surface area contributed by atoms with Crippen LogP contribution in [0.25, 0.3) is 16.6 Å². The maximum Gasteiger partial charge on any atom is 0.298 e. The largest absolute Gasteiger partial charge is 0.507 e. The number of aromatic nitrogens is 5. The van der Waals surface area contributed by atoms with Crippen LogP contribution >= 0.6 is 0 Å². The van der Waals surface area contributed by atoms with Gasteiger partial charge in [0, 0.05) is 16.4 Å². The Kier molecular flexibility index (Phi) is 3.76. The molecule has 0 aliphatic rings. The van der Waals surface area contributed by atoms with Crippen LogP contribution in [-0.2, 0) is 5.41 Å². The van der Waals surface area contributed by atoms with Gasteiger partial charge in [0.25, 0.3) is 11.3 Å². The highest BCUT2D eigenvalue weighted by Gasteiger charge is 2.23. The van der Waals surface area contributed by atoms with E-state index in [4.69, 9.17) is 0 Å². The molecule has 0 unspecified atom stereocenters. The van der Waals surface area contributed by atoms with Gasteiger partial charge in [0.05, 0.1) is 6.21 Å². The molecule has 0 saturated carbocycles. The predicted molar refractivity (Wildman–Crippen MR) is 102 cm³/mol. The molecule has 0 fully saturated rings. The zero-order valence-electron chi connectivity index (χ0n) is 15.2. The lowest BCUT2D eigenvalue weighted by Crippen LogP contribution is -2.33. The number of fused-ring (bicyclic) bond motifs is 2. The van der Waals surface area contributed by atoms with E-state index in [-0.39, 0.29) is 17.1 Å². The van der Waals surface area contributed by atoms with Crippen LogP contribution in [0.15, 0.2) is 52.6 Å². The van der Waals surface area contributed by atoms with E-state index < -0.39 is 5.41 Å². The summed E-state index contributed by atoms with van der Waals surface area (Å²) in [5.41, 5.74) is -0.0145. The first-order chi connectivity index (χ1) is 12.9. The van der Waals surface area contributed by atoms with Gasteiger partial charge in [-0.3, -0.25) is 4.79 Å². The van der Waals surface area contributed by atoms with Crippen LogP contribution in [0.1, 0.15) is 32.0 Å². The molecule has 0 aliphatic heterocycles. The predicted octanol–water partition coefficient (Wildman–Crippen LogP) is 2.32. The van der Waals surface area contributed by atoms with Crippen LogP contribution < -0.4 is 5.56 Å². The van der Waals surface area contributed by atoms with E-state index in [1.807, 2.05) is 51.1 Å². The Balaban J connectivity index is 1.89. The molecule has 4 rings (SSSR count). The van der Waals surface area contributed by atoms with Gasteiger partial charge in [0.2, 0.25) is 0 Å². The lowest BCUT2D eigenvalue weighted by atomic mass is 9.93. The molecular formula is C19H18N6O2. The normalized spacial score (nSPS) is 12.4. The van der Waals surface area contributed by atoms with E-state index in [0.29, 0.717) is 16.6 Å². The van der Waals surface area contributed by atoms with E-state index in [0.717, 1.165) is 10.1 Å². The first-order valence-corrected chi connectivity index (χ1v) is 8.45. The quantitative estimate of drug-likeness (QED) is 0.552. The number of benzene rings is 2. The Labute approximate surface area is 154 Å². The number of phenolic OH excluding ortho intramolecular Hbond substituents is 1. The zero-order valence-corrected chi connectivity index (χ0v) is 15.2. The van der Waals surface area contributed by atoms with Gasteiger partial charge in [-0.1, -0.05) is 51.1 Å². The van der Waals surface area contributed by atoms with Gasteiger partial charge >= 0.3 is 0 Å². The van der Waals surface area contributed by atoms with Crippen molar-refractivity contribution in [3.63, 3.8) is 0 Å². The van der Waals surface area contributed by atoms with Crippen molar-refractivity contribution < 1.29 is 5.11 Å². The summed E-state index contributed by atoms with van der Waals surface area (Å²) in [6, 6.07) is 11.1. The highest BCUT2D eigenvalue weighted by molar-refractivity contribution is 5.97. The molecule has 1 N–H and O–H groups in total. The minimum atomic E-state index is -0.474.